The van der Waals surface area contributed by atoms with Gasteiger partial charge in [0.2, 0.25) is 27.8 Å². The van der Waals surface area contributed by atoms with Gasteiger partial charge in [-0.2, -0.15) is 4.98 Å². The second-order valence-electron chi connectivity index (χ2n) is 8.25. The van der Waals surface area contributed by atoms with Gasteiger partial charge < -0.3 is 21.1 Å². The molecule has 4 rings (SSSR count). The van der Waals surface area contributed by atoms with Crippen LogP contribution in [0.15, 0.2) is 65.6 Å². The van der Waals surface area contributed by atoms with Gasteiger partial charge in [-0.3, -0.25) is 4.79 Å². The molecule has 0 saturated carbocycles. The third-order valence-corrected chi connectivity index (χ3v) is 6.28. The standard InChI is InChI=1S/C25H27N7O4S/c1-3-36-24-22-21(31-25(32-24)28-14-16-4-10-19(11-5-16)37(27,34)35)13-12-20(30-22)17-6-8-18(9-7-17)29-23(33)15(2)26/h4-13,15H,3,14,26H2,1-2H3,(H,29,33)(H2,27,34,35)(H,28,31,32)/t15-/m0/s1. The lowest BCUT2D eigenvalue weighted by molar-refractivity contribution is -0.117. The van der Waals surface area contributed by atoms with Crippen molar-refractivity contribution in [3.63, 3.8) is 0 Å². The zero-order valence-electron chi connectivity index (χ0n) is 20.3. The number of ether oxygens (including phenoxy) is 1. The van der Waals surface area contributed by atoms with Gasteiger partial charge in [-0.05, 0) is 55.8 Å². The second kappa shape index (κ2) is 10.9. The molecule has 0 saturated heterocycles. The number of nitrogens with zero attached hydrogens (tertiary/aromatic N) is 3. The number of hydrogen-bond acceptors (Lipinski definition) is 9. The van der Waals surface area contributed by atoms with Crippen molar-refractivity contribution in [2.45, 2.75) is 31.3 Å². The fourth-order valence-electron chi connectivity index (χ4n) is 3.42. The lowest BCUT2D eigenvalue weighted by Crippen LogP contribution is -2.32. The van der Waals surface area contributed by atoms with Crippen molar-refractivity contribution in [2.24, 2.45) is 10.9 Å². The molecule has 37 heavy (non-hydrogen) atoms. The summed E-state index contributed by atoms with van der Waals surface area (Å²) in [4.78, 5) is 25.6. The Morgan fingerprint density at radius 1 is 1.00 bits per heavy atom. The van der Waals surface area contributed by atoms with E-state index in [9.17, 15) is 13.2 Å². The van der Waals surface area contributed by atoms with Gasteiger partial charge in [-0.1, -0.05) is 24.3 Å². The quantitative estimate of drug-likeness (QED) is 0.258. The molecule has 0 aliphatic rings. The maximum Gasteiger partial charge on any atom is 0.245 e. The predicted molar refractivity (Wildman–Crippen MR) is 141 cm³/mol. The lowest BCUT2D eigenvalue weighted by atomic mass is 10.1. The number of primary sulfonamides is 1. The first kappa shape index (κ1) is 25.9. The second-order valence-corrected chi connectivity index (χ2v) is 9.81. The normalized spacial score (nSPS) is 12.2. The first-order chi connectivity index (χ1) is 17.6. The Kier molecular flexibility index (Phi) is 7.62. The van der Waals surface area contributed by atoms with Gasteiger partial charge in [0.15, 0.2) is 5.52 Å². The van der Waals surface area contributed by atoms with Crippen LogP contribution < -0.4 is 26.2 Å². The van der Waals surface area contributed by atoms with Crippen molar-refractivity contribution in [1.82, 2.24) is 15.0 Å². The zero-order chi connectivity index (χ0) is 26.6. The number of anilines is 2. The molecule has 1 amide bonds. The van der Waals surface area contributed by atoms with Crippen molar-refractivity contribution in [3.8, 4) is 17.1 Å². The highest BCUT2D eigenvalue weighted by Crippen LogP contribution is 2.27. The van der Waals surface area contributed by atoms with E-state index in [0.717, 1.165) is 11.1 Å². The molecule has 0 aliphatic heterocycles. The fraction of sp³-hybridized carbons (Fsp3) is 0.200. The summed E-state index contributed by atoms with van der Waals surface area (Å²) in [5, 5.41) is 11.0. The molecule has 11 nitrogen and oxygen atoms in total. The highest BCUT2D eigenvalue weighted by atomic mass is 32.2. The minimum atomic E-state index is -3.75. The fourth-order valence-corrected chi connectivity index (χ4v) is 3.94. The van der Waals surface area contributed by atoms with Crippen molar-refractivity contribution in [3.05, 3.63) is 66.2 Å². The average Bonchev–Trinajstić information content (AvgIpc) is 2.87. The van der Waals surface area contributed by atoms with Crippen LogP contribution in [-0.2, 0) is 21.4 Å². The number of pyridine rings is 1. The van der Waals surface area contributed by atoms with Crippen LogP contribution in [0, 0.1) is 0 Å². The number of carbonyl (C=O) groups excluding carboxylic acids is 1. The van der Waals surface area contributed by atoms with Crippen LogP contribution in [0.5, 0.6) is 5.88 Å². The number of aromatic nitrogens is 3. The number of nitrogens with two attached hydrogens (primary N) is 2. The van der Waals surface area contributed by atoms with Crippen LogP contribution in [0.25, 0.3) is 22.3 Å². The van der Waals surface area contributed by atoms with Crippen LogP contribution >= 0.6 is 0 Å². The van der Waals surface area contributed by atoms with E-state index in [-0.39, 0.29) is 10.8 Å². The van der Waals surface area contributed by atoms with E-state index in [2.05, 4.69) is 20.6 Å². The van der Waals surface area contributed by atoms with E-state index in [1.807, 2.05) is 31.2 Å². The van der Waals surface area contributed by atoms with Crippen molar-refractivity contribution in [2.75, 3.05) is 17.2 Å². The summed E-state index contributed by atoms with van der Waals surface area (Å²) >= 11 is 0. The SMILES string of the molecule is CCOc1nc(NCc2ccc(S(N)(=O)=O)cc2)nc2ccc(-c3ccc(NC(=O)[C@H](C)N)cc3)nc12. The van der Waals surface area contributed by atoms with E-state index in [0.29, 0.717) is 47.4 Å². The molecule has 2 aromatic carbocycles. The van der Waals surface area contributed by atoms with Gasteiger partial charge in [0.25, 0.3) is 0 Å². The molecular weight excluding hydrogens is 494 g/mol. The van der Waals surface area contributed by atoms with Crippen molar-refractivity contribution < 1.29 is 17.9 Å². The molecule has 6 N–H and O–H groups in total. The van der Waals surface area contributed by atoms with E-state index in [4.69, 9.17) is 20.6 Å². The molecule has 0 unspecified atom stereocenters. The first-order valence-electron chi connectivity index (χ1n) is 11.5. The summed E-state index contributed by atoms with van der Waals surface area (Å²) in [5.74, 6) is 0.414. The molecule has 2 aromatic heterocycles. The van der Waals surface area contributed by atoms with Gasteiger partial charge in [0.05, 0.1) is 28.8 Å². The Morgan fingerprint density at radius 3 is 2.32 bits per heavy atom. The number of amides is 1. The summed E-state index contributed by atoms with van der Waals surface area (Å²) in [6.07, 6.45) is 0. The van der Waals surface area contributed by atoms with Crippen LogP contribution in [0.1, 0.15) is 19.4 Å². The highest BCUT2D eigenvalue weighted by Gasteiger charge is 2.13. The topological polar surface area (TPSA) is 175 Å². The van der Waals surface area contributed by atoms with Gasteiger partial charge in [-0.25, -0.2) is 23.5 Å². The molecule has 192 valence electrons. The van der Waals surface area contributed by atoms with Crippen LogP contribution in [0.4, 0.5) is 11.6 Å². The van der Waals surface area contributed by atoms with E-state index in [1.54, 1.807) is 31.2 Å². The Hall–Kier alpha value is -4.13. The van der Waals surface area contributed by atoms with Gasteiger partial charge in [0, 0.05) is 17.8 Å². The summed E-state index contributed by atoms with van der Waals surface area (Å²) in [5.41, 5.74) is 9.70. The zero-order valence-corrected chi connectivity index (χ0v) is 21.1. The Labute approximate surface area is 214 Å². The smallest absolute Gasteiger partial charge is 0.245 e. The molecular formula is C25H27N7O4S. The largest absolute Gasteiger partial charge is 0.476 e. The number of benzene rings is 2. The molecule has 12 heteroatoms. The van der Waals surface area contributed by atoms with Gasteiger partial charge in [-0.15, -0.1) is 0 Å². The summed E-state index contributed by atoms with van der Waals surface area (Å²) in [6, 6.07) is 16.6. The average molecular weight is 522 g/mol. The Morgan fingerprint density at radius 2 is 1.70 bits per heavy atom. The monoisotopic (exact) mass is 521 g/mol. The first-order valence-corrected chi connectivity index (χ1v) is 13.0. The third-order valence-electron chi connectivity index (χ3n) is 5.36. The summed E-state index contributed by atoms with van der Waals surface area (Å²) < 4.78 is 28.6. The van der Waals surface area contributed by atoms with E-state index >= 15 is 0 Å². The van der Waals surface area contributed by atoms with Crippen LogP contribution in [0.3, 0.4) is 0 Å². The van der Waals surface area contributed by atoms with E-state index < -0.39 is 16.1 Å². The molecule has 0 radical (unpaired) electrons. The van der Waals surface area contributed by atoms with Crippen molar-refractivity contribution >= 4 is 38.6 Å². The molecule has 0 fully saturated rings. The van der Waals surface area contributed by atoms with Crippen LogP contribution in [0.2, 0.25) is 0 Å². The lowest BCUT2D eigenvalue weighted by Gasteiger charge is -2.12. The molecule has 0 spiro atoms. The number of nitrogens with one attached hydrogen (secondary N) is 2. The minimum Gasteiger partial charge on any atom is -0.476 e. The minimum absolute atomic E-state index is 0.0447. The van der Waals surface area contributed by atoms with E-state index in [1.165, 1.54) is 12.1 Å². The maximum atomic E-state index is 11.8. The van der Waals surface area contributed by atoms with Crippen LogP contribution in [-0.4, -0.2) is 41.9 Å². The summed E-state index contributed by atoms with van der Waals surface area (Å²) in [6.45, 7) is 4.22. The number of sulfonamides is 1. The maximum absolute atomic E-state index is 11.8. The number of rotatable bonds is 9. The van der Waals surface area contributed by atoms with Gasteiger partial charge >= 0.3 is 0 Å². The third kappa shape index (κ3) is 6.36. The molecule has 0 bridgehead atoms. The molecule has 1 atom stereocenters. The Bertz CT molecular complexity index is 1520. The molecule has 2 heterocycles. The number of hydrogen-bond donors (Lipinski definition) is 4. The predicted octanol–water partition coefficient (Wildman–Crippen LogP) is 2.64. The highest BCUT2D eigenvalue weighted by molar-refractivity contribution is 7.89. The number of fused-ring (bicyclic) bond motifs is 1. The van der Waals surface area contributed by atoms with Gasteiger partial charge in [0.1, 0.15) is 0 Å². The molecule has 0 aliphatic carbocycles. The number of carbonyl (C=O) groups is 1. The Balaban J connectivity index is 1.56. The summed E-state index contributed by atoms with van der Waals surface area (Å²) in [7, 11) is -3.75. The molecule has 4 aromatic rings. The van der Waals surface area contributed by atoms with Crippen molar-refractivity contribution in [1.29, 1.82) is 0 Å².